The summed E-state index contributed by atoms with van der Waals surface area (Å²) in [5, 5.41) is 17.5. The number of nitrogens with zero attached hydrogens (tertiary/aromatic N) is 1. The van der Waals surface area contributed by atoms with E-state index in [2.05, 4.69) is 11.8 Å². The van der Waals surface area contributed by atoms with E-state index in [1.54, 1.807) is 13.8 Å². The van der Waals surface area contributed by atoms with Crippen molar-refractivity contribution in [1.29, 1.82) is 0 Å². The molecule has 0 unspecified atom stereocenters. The average Bonchev–Trinajstić information content (AvgIpc) is 2.42. The van der Waals surface area contributed by atoms with Crippen molar-refractivity contribution in [2.45, 2.75) is 24.8 Å². The fourth-order valence-corrected chi connectivity index (χ4v) is 3.42. The minimum atomic E-state index is -3.89. The Kier molecular flexibility index (Phi) is 6.30. The molecule has 0 radical (unpaired) electrons. The SMILES string of the molecule is CC(C)N(CCO)S(=O)(=O)c1ccc(C#CCO)c(F)c1. The van der Waals surface area contributed by atoms with Crippen LogP contribution in [0, 0.1) is 17.7 Å². The number of hydrogen-bond donors (Lipinski definition) is 2. The van der Waals surface area contributed by atoms with Crippen molar-refractivity contribution < 1.29 is 23.0 Å². The largest absolute Gasteiger partial charge is 0.395 e. The first kappa shape index (κ1) is 17.6. The van der Waals surface area contributed by atoms with Gasteiger partial charge in [0, 0.05) is 12.6 Å². The molecule has 1 aromatic carbocycles. The molecule has 0 saturated carbocycles. The van der Waals surface area contributed by atoms with Gasteiger partial charge in [-0.3, -0.25) is 0 Å². The zero-order chi connectivity index (χ0) is 16.0. The van der Waals surface area contributed by atoms with E-state index in [-0.39, 0.29) is 29.7 Å². The van der Waals surface area contributed by atoms with Gasteiger partial charge >= 0.3 is 0 Å². The Morgan fingerprint density at radius 3 is 2.48 bits per heavy atom. The lowest BCUT2D eigenvalue weighted by molar-refractivity contribution is 0.236. The van der Waals surface area contributed by atoms with Gasteiger partial charge in [0.1, 0.15) is 12.4 Å². The Hall–Kier alpha value is -1.46. The quantitative estimate of drug-likeness (QED) is 0.779. The number of halogens is 1. The van der Waals surface area contributed by atoms with Gasteiger partial charge in [-0.25, -0.2) is 12.8 Å². The van der Waals surface area contributed by atoms with Gasteiger partial charge in [0.2, 0.25) is 10.0 Å². The summed E-state index contributed by atoms with van der Waals surface area (Å²) in [7, 11) is -3.89. The smallest absolute Gasteiger partial charge is 0.243 e. The molecular formula is C14H18FNO4S. The topological polar surface area (TPSA) is 77.8 Å². The van der Waals surface area contributed by atoms with Gasteiger partial charge in [0.15, 0.2) is 0 Å². The molecule has 0 fully saturated rings. The molecule has 0 atom stereocenters. The molecule has 7 heteroatoms. The van der Waals surface area contributed by atoms with Crippen molar-refractivity contribution in [3.63, 3.8) is 0 Å². The van der Waals surface area contributed by atoms with Crippen molar-refractivity contribution in [3.05, 3.63) is 29.6 Å². The number of benzene rings is 1. The van der Waals surface area contributed by atoms with Crippen LogP contribution >= 0.6 is 0 Å². The van der Waals surface area contributed by atoms with Crippen LogP contribution in [0.25, 0.3) is 0 Å². The molecule has 0 aliphatic heterocycles. The second kappa shape index (κ2) is 7.52. The minimum Gasteiger partial charge on any atom is -0.395 e. The first-order chi connectivity index (χ1) is 9.84. The van der Waals surface area contributed by atoms with Crippen LogP contribution in [-0.4, -0.2) is 48.7 Å². The zero-order valence-corrected chi connectivity index (χ0v) is 12.7. The summed E-state index contributed by atoms with van der Waals surface area (Å²) in [6.07, 6.45) is 0. The maximum Gasteiger partial charge on any atom is 0.243 e. The van der Waals surface area contributed by atoms with Crippen LogP contribution in [-0.2, 0) is 10.0 Å². The number of hydrogen-bond acceptors (Lipinski definition) is 4. The molecule has 0 aliphatic carbocycles. The highest BCUT2D eigenvalue weighted by molar-refractivity contribution is 7.89. The van der Waals surface area contributed by atoms with Gasteiger partial charge in [-0.2, -0.15) is 4.31 Å². The zero-order valence-electron chi connectivity index (χ0n) is 11.9. The van der Waals surface area contributed by atoms with Crippen molar-refractivity contribution >= 4 is 10.0 Å². The van der Waals surface area contributed by atoms with Crippen LogP contribution in [0.3, 0.4) is 0 Å². The summed E-state index contributed by atoms with van der Waals surface area (Å²) in [4.78, 5) is -0.198. The lowest BCUT2D eigenvalue weighted by Crippen LogP contribution is -2.39. The number of rotatable bonds is 5. The number of aliphatic hydroxyl groups excluding tert-OH is 2. The maximum atomic E-state index is 13.8. The summed E-state index contributed by atoms with van der Waals surface area (Å²) in [6, 6.07) is 3.04. The van der Waals surface area contributed by atoms with E-state index in [0.717, 1.165) is 10.4 Å². The van der Waals surface area contributed by atoms with Crippen LogP contribution in [0.1, 0.15) is 19.4 Å². The molecule has 0 bridgehead atoms. The standard InChI is InChI=1S/C14H18FNO4S/c1-11(2)16(7-9-18)21(19,20)13-6-5-12(4-3-8-17)14(15)10-13/h5-6,10-11,17-18H,7-9H2,1-2H3. The maximum absolute atomic E-state index is 13.8. The Labute approximate surface area is 124 Å². The molecule has 2 N–H and O–H groups in total. The highest BCUT2D eigenvalue weighted by Gasteiger charge is 2.27. The highest BCUT2D eigenvalue weighted by atomic mass is 32.2. The Balaban J connectivity index is 3.23. The predicted molar refractivity (Wildman–Crippen MR) is 76.5 cm³/mol. The molecule has 116 valence electrons. The average molecular weight is 315 g/mol. The van der Waals surface area contributed by atoms with Crippen molar-refractivity contribution in [3.8, 4) is 11.8 Å². The van der Waals surface area contributed by atoms with Crippen LogP contribution in [0.15, 0.2) is 23.1 Å². The van der Waals surface area contributed by atoms with E-state index in [9.17, 15) is 12.8 Å². The van der Waals surface area contributed by atoms with Crippen molar-refractivity contribution in [1.82, 2.24) is 4.31 Å². The minimum absolute atomic E-state index is 0.0151. The van der Waals surface area contributed by atoms with Gasteiger partial charge in [-0.1, -0.05) is 11.8 Å². The highest BCUT2D eigenvalue weighted by Crippen LogP contribution is 2.20. The fourth-order valence-electron chi connectivity index (χ4n) is 1.78. The third kappa shape index (κ3) is 4.25. The van der Waals surface area contributed by atoms with Crippen molar-refractivity contribution in [2.24, 2.45) is 0 Å². The Morgan fingerprint density at radius 1 is 1.33 bits per heavy atom. The molecule has 0 spiro atoms. The van der Waals surface area contributed by atoms with E-state index < -0.39 is 22.4 Å². The van der Waals surface area contributed by atoms with Crippen molar-refractivity contribution in [2.75, 3.05) is 19.8 Å². The number of sulfonamides is 1. The normalized spacial score (nSPS) is 11.6. The van der Waals surface area contributed by atoms with E-state index in [1.165, 1.54) is 12.1 Å². The number of aliphatic hydroxyl groups is 2. The fraction of sp³-hybridized carbons (Fsp3) is 0.429. The van der Waals surface area contributed by atoms with Crippen LogP contribution < -0.4 is 0 Å². The molecule has 1 aromatic rings. The second-order valence-electron chi connectivity index (χ2n) is 4.53. The van der Waals surface area contributed by atoms with Gasteiger partial charge in [0.05, 0.1) is 17.1 Å². The van der Waals surface area contributed by atoms with Gasteiger partial charge < -0.3 is 10.2 Å². The summed E-state index contributed by atoms with van der Waals surface area (Å²) < 4.78 is 39.8. The molecule has 0 heterocycles. The molecule has 0 aromatic heterocycles. The van der Waals surface area contributed by atoms with Crippen LogP contribution in [0.5, 0.6) is 0 Å². The molecule has 5 nitrogen and oxygen atoms in total. The molecule has 21 heavy (non-hydrogen) atoms. The molecule has 0 amide bonds. The summed E-state index contributed by atoms with van der Waals surface area (Å²) >= 11 is 0. The molecule has 1 rings (SSSR count). The molecule has 0 saturated heterocycles. The van der Waals surface area contributed by atoms with Gasteiger partial charge in [-0.05, 0) is 32.0 Å². The third-order valence-corrected chi connectivity index (χ3v) is 4.82. The molecular weight excluding hydrogens is 297 g/mol. The Morgan fingerprint density at radius 2 is 2.00 bits per heavy atom. The molecule has 0 aliphatic rings. The van der Waals surface area contributed by atoms with E-state index in [0.29, 0.717) is 0 Å². The predicted octanol–water partition coefficient (Wildman–Crippen LogP) is 0.561. The lowest BCUT2D eigenvalue weighted by Gasteiger charge is -2.25. The summed E-state index contributed by atoms with van der Waals surface area (Å²) in [6.45, 7) is 2.56. The second-order valence-corrected chi connectivity index (χ2v) is 6.43. The van der Waals surface area contributed by atoms with Gasteiger partial charge in [-0.15, -0.1) is 0 Å². The van der Waals surface area contributed by atoms with Crippen LogP contribution in [0.2, 0.25) is 0 Å². The Bertz CT molecular complexity index is 647. The first-order valence-electron chi connectivity index (χ1n) is 6.36. The van der Waals surface area contributed by atoms with E-state index in [1.807, 2.05) is 0 Å². The van der Waals surface area contributed by atoms with Crippen LogP contribution in [0.4, 0.5) is 4.39 Å². The first-order valence-corrected chi connectivity index (χ1v) is 7.80. The van der Waals surface area contributed by atoms with Gasteiger partial charge in [0.25, 0.3) is 0 Å². The monoisotopic (exact) mass is 315 g/mol. The third-order valence-electron chi connectivity index (χ3n) is 2.75. The van der Waals surface area contributed by atoms with E-state index in [4.69, 9.17) is 10.2 Å². The lowest BCUT2D eigenvalue weighted by atomic mass is 10.2. The summed E-state index contributed by atoms with van der Waals surface area (Å²) in [5.74, 6) is 3.92. The summed E-state index contributed by atoms with van der Waals surface area (Å²) in [5.41, 5.74) is 0.0151. The van der Waals surface area contributed by atoms with E-state index >= 15 is 0 Å².